The lowest BCUT2D eigenvalue weighted by atomic mass is 9.87. The van der Waals surface area contributed by atoms with E-state index < -0.39 is 84.6 Å². The molecule has 1 aliphatic rings. The van der Waals surface area contributed by atoms with E-state index in [9.17, 15) is 52.8 Å². The van der Waals surface area contributed by atoms with Crippen LogP contribution in [0.3, 0.4) is 0 Å². The number of hydrogen-bond donors (Lipinski definition) is 9. The zero-order valence-electron chi connectivity index (χ0n) is 26.2. The Morgan fingerprint density at radius 3 is 2.44 bits per heavy atom. The van der Waals surface area contributed by atoms with Crippen molar-refractivity contribution in [3.63, 3.8) is 0 Å². The van der Waals surface area contributed by atoms with Crippen molar-refractivity contribution in [2.75, 3.05) is 37.8 Å². The SMILES string of the molecule is CC(C)(COP(=O)(O)OP(=O)(O)OC[C@H]1O[C@@H](n2cnc3c(N)ncnc32)[C@H](O)[C@@H]1OP(=O)(O)O)[C@@H](OC=O)C(=O)NCCC(=O)NCCS. The minimum Gasteiger partial charge on any atom is -0.454 e. The zero-order chi connectivity index (χ0) is 37.5. The monoisotopic (exact) mass is 795 g/mol. The highest BCUT2D eigenvalue weighted by Crippen LogP contribution is 2.61. The van der Waals surface area contributed by atoms with Crippen molar-refractivity contribution in [2.45, 2.75) is 50.9 Å². The second-order valence-electron chi connectivity index (χ2n) is 11.0. The van der Waals surface area contributed by atoms with Crippen LogP contribution in [0, 0.1) is 5.41 Å². The van der Waals surface area contributed by atoms with Gasteiger partial charge < -0.3 is 50.5 Å². The number of carbonyl (C=O) groups is 3. The molecule has 3 rings (SSSR count). The first-order valence-electron chi connectivity index (χ1n) is 14.1. The topological polar surface area (TPSA) is 353 Å². The molecule has 0 aliphatic carbocycles. The number of imidazole rings is 1. The number of carbonyl (C=O) groups excluding carboxylic acids is 3. The van der Waals surface area contributed by atoms with Gasteiger partial charge in [-0.1, -0.05) is 13.8 Å². The fourth-order valence-corrected chi connectivity index (χ4v) is 7.37. The maximum Gasteiger partial charge on any atom is 0.481 e. The van der Waals surface area contributed by atoms with Crippen molar-refractivity contribution in [1.29, 1.82) is 0 Å². The number of phosphoric ester groups is 3. The molecule has 0 aromatic carbocycles. The van der Waals surface area contributed by atoms with E-state index in [0.29, 0.717) is 12.3 Å². The third-order valence-electron chi connectivity index (χ3n) is 6.66. The van der Waals surface area contributed by atoms with Crippen molar-refractivity contribution < 1.29 is 80.1 Å². The quantitative estimate of drug-likeness (QED) is 0.0419. The molecule has 7 atom stereocenters. The largest absolute Gasteiger partial charge is 0.481 e. The van der Waals surface area contributed by atoms with Gasteiger partial charge in [-0.15, -0.1) is 0 Å². The van der Waals surface area contributed by atoms with E-state index >= 15 is 0 Å². The molecule has 3 heterocycles. The fraction of sp³-hybridized carbons (Fsp3) is 0.636. The summed E-state index contributed by atoms with van der Waals surface area (Å²) in [6.45, 7) is 0.614. The summed E-state index contributed by atoms with van der Waals surface area (Å²) < 4.78 is 66.9. The van der Waals surface area contributed by atoms with Crippen LogP contribution >= 0.6 is 36.1 Å². The van der Waals surface area contributed by atoms with Gasteiger partial charge >= 0.3 is 23.5 Å². The number of thiol groups is 1. The molecule has 0 radical (unpaired) electrons. The molecular weight excluding hydrogens is 759 g/mol. The van der Waals surface area contributed by atoms with E-state index in [2.05, 4.69) is 47.0 Å². The summed E-state index contributed by atoms with van der Waals surface area (Å²) in [6, 6.07) is 0. The Kier molecular flexibility index (Phi) is 14.5. The van der Waals surface area contributed by atoms with Crippen LogP contribution in [0.5, 0.6) is 0 Å². The van der Waals surface area contributed by atoms with Crippen molar-refractivity contribution in [3.8, 4) is 0 Å². The van der Waals surface area contributed by atoms with Crippen LogP contribution in [-0.2, 0) is 55.4 Å². The van der Waals surface area contributed by atoms with Crippen molar-refractivity contribution in [3.05, 3.63) is 12.7 Å². The van der Waals surface area contributed by atoms with Gasteiger partial charge in [0, 0.05) is 30.7 Å². The summed E-state index contributed by atoms with van der Waals surface area (Å²) in [5.74, 6) is -0.944. The summed E-state index contributed by atoms with van der Waals surface area (Å²) in [7, 11) is -16.4. The molecule has 2 aromatic heterocycles. The standard InChI is InChI=1S/C22H36N7O17P3S/c1-22(2,17(41-11-30)20(33)25-4-3-13(31)24-5-6-50)8-43-49(39,40)46-48(37,38)42-7-12-16(45-47(34,35)36)15(32)21(44-12)29-10-28-14-18(23)26-9-27-19(14)29/h9-12,15-17,21,32,50H,3-8H2,1-2H3,(H,24,31)(H,25,33)(H,37,38)(H,39,40)(H2,23,26,27)(H2,34,35,36)/t12-,15-,16-,17+,21-/m1/s1. The fourth-order valence-electron chi connectivity index (χ4n) is 4.43. The molecule has 9 N–H and O–H groups in total. The molecule has 0 bridgehead atoms. The number of nitrogen functional groups attached to an aromatic ring is 1. The van der Waals surface area contributed by atoms with E-state index in [1.807, 2.05) is 0 Å². The molecule has 2 aromatic rings. The van der Waals surface area contributed by atoms with Crippen LogP contribution in [-0.4, -0.2) is 119 Å². The molecule has 28 heteroatoms. The Bertz CT molecular complexity index is 1660. The smallest absolute Gasteiger partial charge is 0.454 e. The lowest BCUT2D eigenvalue weighted by Gasteiger charge is -2.31. The molecule has 0 saturated carbocycles. The number of aliphatic hydroxyl groups excluding tert-OH is 1. The summed E-state index contributed by atoms with van der Waals surface area (Å²) in [5.41, 5.74) is 4.29. The molecule has 2 unspecified atom stereocenters. The molecule has 50 heavy (non-hydrogen) atoms. The van der Waals surface area contributed by atoms with Gasteiger partial charge in [0.15, 0.2) is 23.8 Å². The highest BCUT2D eigenvalue weighted by molar-refractivity contribution is 7.80. The van der Waals surface area contributed by atoms with Gasteiger partial charge in [-0.25, -0.2) is 28.6 Å². The summed E-state index contributed by atoms with van der Waals surface area (Å²) in [6.07, 6.45) is -6.64. The summed E-state index contributed by atoms with van der Waals surface area (Å²) in [4.78, 5) is 86.4. The van der Waals surface area contributed by atoms with E-state index in [1.165, 1.54) is 13.8 Å². The zero-order valence-corrected chi connectivity index (χ0v) is 29.7. The van der Waals surface area contributed by atoms with Crippen molar-refractivity contribution in [2.24, 2.45) is 5.41 Å². The number of fused-ring (bicyclic) bond motifs is 1. The Morgan fingerprint density at radius 1 is 1.12 bits per heavy atom. The molecule has 2 amide bonds. The molecule has 1 saturated heterocycles. The van der Waals surface area contributed by atoms with Crippen LogP contribution < -0.4 is 16.4 Å². The van der Waals surface area contributed by atoms with E-state index in [1.54, 1.807) is 0 Å². The maximum absolute atomic E-state index is 12.7. The third kappa shape index (κ3) is 11.7. The van der Waals surface area contributed by atoms with Crippen LogP contribution in [0.15, 0.2) is 12.7 Å². The number of rotatable bonds is 20. The number of nitrogens with zero attached hydrogens (tertiary/aromatic N) is 4. The number of phosphoric acid groups is 3. The van der Waals surface area contributed by atoms with Gasteiger partial charge in [0.25, 0.3) is 12.4 Å². The van der Waals surface area contributed by atoms with Gasteiger partial charge in [-0.2, -0.15) is 16.9 Å². The van der Waals surface area contributed by atoms with Crippen LogP contribution in [0.4, 0.5) is 5.82 Å². The third-order valence-corrected chi connectivity index (χ3v) is 9.99. The minimum absolute atomic E-state index is 0.0288. The summed E-state index contributed by atoms with van der Waals surface area (Å²) >= 11 is 3.96. The number of anilines is 1. The molecule has 24 nitrogen and oxygen atoms in total. The molecule has 282 valence electrons. The first kappa shape index (κ1) is 41.8. The number of amides is 2. The van der Waals surface area contributed by atoms with Crippen molar-refractivity contribution >= 4 is 71.4 Å². The van der Waals surface area contributed by atoms with Gasteiger partial charge in [-0.3, -0.25) is 32.5 Å². The second-order valence-corrected chi connectivity index (χ2v) is 15.7. The van der Waals surface area contributed by atoms with Crippen molar-refractivity contribution in [1.82, 2.24) is 30.2 Å². The average molecular weight is 796 g/mol. The number of aliphatic hydroxyl groups is 1. The van der Waals surface area contributed by atoms with E-state index in [0.717, 1.165) is 17.2 Å². The predicted molar refractivity (Wildman–Crippen MR) is 168 cm³/mol. The van der Waals surface area contributed by atoms with Gasteiger partial charge in [0.05, 0.1) is 19.5 Å². The van der Waals surface area contributed by atoms with Gasteiger partial charge in [0.1, 0.15) is 30.2 Å². The number of nitrogens with two attached hydrogens (primary N) is 1. The molecular formula is C22H36N7O17P3S. The number of ether oxygens (including phenoxy) is 2. The number of nitrogens with one attached hydrogen (secondary N) is 2. The number of aromatic nitrogens is 4. The lowest BCUT2D eigenvalue weighted by molar-refractivity contribution is -0.154. The van der Waals surface area contributed by atoms with Gasteiger partial charge in [0.2, 0.25) is 5.91 Å². The Hall–Kier alpha value is -2.60. The van der Waals surface area contributed by atoms with Crippen LogP contribution in [0.2, 0.25) is 0 Å². The molecule has 0 spiro atoms. The first-order valence-corrected chi connectivity index (χ1v) is 19.3. The number of hydrogen-bond acceptors (Lipinski definition) is 18. The molecule has 1 fully saturated rings. The molecule has 1 aliphatic heterocycles. The normalized spacial score (nSPS) is 22.7. The van der Waals surface area contributed by atoms with Crippen LogP contribution in [0.25, 0.3) is 11.2 Å². The highest BCUT2D eigenvalue weighted by Gasteiger charge is 2.50. The van der Waals surface area contributed by atoms with E-state index in [4.69, 9.17) is 24.3 Å². The predicted octanol–water partition coefficient (Wildman–Crippen LogP) is -1.48. The van der Waals surface area contributed by atoms with Gasteiger partial charge in [-0.05, 0) is 0 Å². The first-order chi connectivity index (χ1) is 23.2. The lowest BCUT2D eigenvalue weighted by Crippen LogP contribution is -2.48. The van der Waals surface area contributed by atoms with E-state index in [-0.39, 0.29) is 36.4 Å². The Balaban J connectivity index is 1.65. The maximum atomic E-state index is 12.7. The van der Waals surface area contributed by atoms with Crippen LogP contribution in [0.1, 0.15) is 26.5 Å². The average Bonchev–Trinajstić information content (AvgIpc) is 3.57. The Morgan fingerprint density at radius 2 is 1.80 bits per heavy atom. The second kappa shape index (κ2) is 17.3. The highest BCUT2D eigenvalue weighted by atomic mass is 32.1. The minimum atomic E-state index is -5.57. The Labute approximate surface area is 288 Å². The summed E-state index contributed by atoms with van der Waals surface area (Å²) in [5, 5.41) is 15.8.